The minimum Gasteiger partial charge on any atom is -0.491 e. The first-order valence-electron chi connectivity index (χ1n) is 7.60. The lowest BCUT2D eigenvalue weighted by Crippen LogP contribution is -2.24. The van der Waals surface area contributed by atoms with Crippen LogP contribution >= 0.6 is 0 Å². The Labute approximate surface area is 127 Å². The summed E-state index contributed by atoms with van der Waals surface area (Å²) in [7, 11) is 0. The quantitative estimate of drug-likeness (QED) is 0.746. The van der Waals surface area contributed by atoms with Crippen LogP contribution in [-0.2, 0) is 9.53 Å². The maximum atomic E-state index is 12.0. The van der Waals surface area contributed by atoms with Crippen LogP contribution in [0.2, 0.25) is 0 Å². The van der Waals surface area contributed by atoms with E-state index in [4.69, 9.17) is 9.47 Å². The fourth-order valence-corrected chi connectivity index (χ4v) is 2.24. The summed E-state index contributed by atoms with van der Waals surface area (Å²) in [4.78, 5) is 12.0. The van der Waals surface area contributed by atoms with Crippen LogP contribution in [0.3, 0.4) is 0 Å². The van der Waals surface area contributed by atoms with Gasteiger partial charge in [0.15, 0.2) is 0 Å². The number of aliphatic hydroxyl groups excluding tert-OH is 1. The SMILES string of the molecule is CCCC(C(=O)OCC)C(O)c1cccc(OC(C)C)c1. The minimum absolute atomic E-state index is 0.0638. The standard InChI is InChI=1S/C17H26O4/c1-5-8-15(17(19)20-6-2)16(18)13-9-7-10-14(11-13)21-12(3)4/h7,9-12,15-16,18H,5-6,8H2,1-4H3. The summed E-state index contributed by atoms with van der Waals surface area (Å²) in [6.07, 6.45) is 0.589. The number of carbonyl (C=O) groups excluding carboxylic acids is 1. The molecule has 0 aliphatic carbocycles. The van der Waals surface area contributed by atoms with E-state index in [1.807, 2.05) is 32.9 Å². The van der Waals surface area contributed by atoms with Crippen molar-refractivity contribution < 1.29 is 19.4 Å². The zero-order valence-electron chi connectivity index (χ0n) is 13.3. The van der Waals surface area contributed by atoms with Crippen molar-refractivity contribution in [3.63, 3.8) is 0 Å². The van der Waals surface area contributed by atoms with Crippen molar-refractivity contribution in [3.05, 3.63) is 29.8 Å². The molecular weight excluding hydrogens is 268 g/mol. The van der Waals surface area contributed by atoms with Crippen LogP contribution in [0.1, 0.15) is 52.2 Å². The number of hydrogen-bond donors (Lipinski definition) is 1. The molecule has 21 heavy (non-hydrogen) atoms. The van der Waals surface area contributed by atoms with Crippen LogP contribution in [-0.4, -0.2) is 23.8 Å². The molecule has 4 heteroatoms. The van der Waals surface area contributed by atoms with E-state index in [-0.39, 0.29) is 12.1 Å². The van der Waals surface area contributed by atoms with E-state index in [1.165, 1.54) is 0 Å². The van der Waals surface area contributed by atoms with Gasteiger partial charge < -0.3 is 14.6 Å². The first-order valence-corrected chi connectivity index (χ1v) is 7.60. The molecule has 0 aliphatic rings. The molecule has 0 heterocycles. The van der Waals surface area contributed by atoms with Crippen molar-refractivity contribution in [2.24, 2.45) is 5.92 Å². The summed E-state index contributed by atoms with van der Waals surface area (Å²) >= 11 is 0. The van der Waals surface area contributed by atoms with E-state index in [2.05, 4.69) is 0 Å². The number of aliphatic hydroxyl groups is 1. The molecule has 1 N–H and O–H groups in total. The lowest BCUT2D eigenvalue weighted by atomic mass is 9.92. The molecule has 0 amide bonds. The van der Waals surface area contributed by atoms with Gasteiger partial charge in [-0.2, -0.15) is 0 Å². The fourth-order valence-electron chi connectivity index (χ4n) is 2.24. The molecule has 4 nitrogen and oxygen atoms in total. The van der Waals surface area contributed by atoms with E-state index in [0.717, 1.165) is 6.42 Å². The molecule has 0 bridgehead atoms. The van der Waals surface area contributed by atoms with Gasteiger partial charge in [-0.1, -0.05) is 25.5 Å². The zero-order chi connectivity index (χ0) is 15.8. The first kappa shape index (κ1) is 17.5. The molecule has 0 radical (unpaired) electrons. The lowest BCUT2D eigenvalue weighted by Gasteiger charge is -2.22. The number of esters is 1. The van der Waals surface area contributed by atoms with E-state index in [9.17, 15) is 9.90 Å². The molecule has 0 fully saturated rings. The van der Waals surface area contributed by atoms with Crippen molar-refractivity contribution >= 4 is 5.97 Å². The van der Waals surface area contributed by atoms with Crippen molar-refractivity contribution in [1.29, 1.82) is 0 Å². The van der Waals surface area contributed by atoms with Gasteiger partial charge in [-0.25, -0.2) is 0 Å². The Morgan fingerprint density at radius 1 is 1.29 bits per heavy atom. The summed E-state index contributed by atoms with van der Waals surface area (Å²) in [5.41, 5.74) is 0.680. The summed E-state index contributed by atoms with van der Waals surface area (Å²) in [6, 6.07) is 7.26. The summed E-state index contributed by atoms with van der Waals surface area (Å²) in [5, 5.41) is 10.5. The normalized spacial score (nSPS) is 13.8. The van der Waals surface area contributed by atoms with Gasteiger partial charge in [0.05, 0.1) is 24.7 Å². The van der Waals surface area contributed by atoms with Gasteiger partial charge in [0.25, 0.3) is 0 Å². The number of rotatable bonds is 8. The van der Waals surface area contributed by atoms with Gasteiger partial charge in [-0.05, 0) is 44.9 Å². The van der Waals surface area contributed by atoms with Crippen LogP contribution < -0.4 is 4.74 Å². The first-order chi connectivity index (χ1) is 9.99. The van der Waals surface area contributed by atoms with Crippen molar-refractivity contribution in [2.75, 3.05) is 6.61 Å². The molecule has 0 saturated carbocycles. The Morgan fingerprint density at radius 2 is 2.00 bits per heavy atom. The van der Waals surface area contributed by atoms with Crippen LogP contribution in [0.4, 0.5) is 0 Å². The van der Waals surface area contributed by atoms with Gasteiger partial charge in [-0.3, -0.25) is 4.79 Å². The Morgan fingerprint density at radius 3 is 2.57 bits per heavy atom. The summed E-state index contributed by atoms with van der Waals surface area (Å²) < 4.78 is 10.7. The molecule has 118 valence electrons. The smallest absolute Gasteiger partial charge is 0.311 e. The maximum Gasteiger partial charge on any atom is 0.311 e. The third-order valence-electron chi connectivity index (χ3n) is 3.14. The molecule has 2 unspecified atom stereocenters. The van der Waals surface area contributed by atoms with E-state index >= 15 is 0 Å². The van der Waals surface area contributed by atoms with Crippen molar-refractivity contribution in [1.82, 2.24) is 0 Å². The van der Waals surface area contributed by atoms with Gasteiger partial charge in [0, 0.05) is 0 Å². The van der Waals surface area contributed by atoms with E-state index in [1.54, 1.807) is 19.1 Å². The van der Waals surface area contributed by atoms with Crippen LogP contribution in [0, 0.1) is 5.92 Å². The van der Waals surface area contributed by atoms with Crippen LogP contribution in [0.25, 0.3) is 0 Å². The Kier molecular flexibility index (Phi) is 7.23. The largest absolute Gasteiger partial charge is 0.491 e. The molecule has 1 rings (SSSR count). The molecular formula is C17H26O4. The van der Waals surface area contributed by atoms with E-state index < -0.39 is 12.0 Å². The van der Waals surface area contributed by atoms with Gasteiger partial charge >= 0.3 is 5.97 Å². The molecule has 0 spiro atoms. The second-order valence-electron chi connectivity index (χ2n) is 5.33. The van der Waals surface area contributed by atoms with Crippen molar-refractivity contribution in [3.8, 4) is 5.75 Å². The molecule has 1 aromatic carbocycles. The highest BCUT2D eigenvalue weighted by molar-refractivity contribution is 5.73. The second kappa shape index (κ2) is 8.67. The average molecular weight is 294 g/mol. The van der Waals surface area contributed by atoms with E-state index in [0.29, 0.717) is 24.3 Å². The molecule has 0 saturated heterocycles. The third-order valence-corrected chi connectivity index (χ3v) is 3.14. The molecule has 1 aromatic rings. The summed E-state index contributed by atoms with van der Waals surface area (Å²) in [5.74, 6) is -0.188. The monoisotopic (exact) mass is 294 g/mol. The number of benzene rings is 1. The number of hydrogen-bond acceptors (Lipinski definition) is 4. The minimum atomic E-state index is -0.875. The Bertz CT molecular complexity index is 442. The van der Waals surface area contributed by atoms with Gasteiger partial charge in [0.2, 0.25) is 0 Å². The van der Waals surface area contributed by atoms with Crippen LogP contribution in [0.5, 0.6) is 5.75 Å². The summed E-state index contributed by atoms with van der Waals surface area (Å²) in [6.45, 7) is 7.97. The highest BCUT2D eigenvalue weighted by Crippen LogP contribution is 2.29. The number of ether oxygens (including phenoxy) is 2. The topological polar surface area (TPSA) is 55.8 Å². The molecule has 2 atom stereocenters. The van der Waals surface area contributed by atoms with Gasteiger partial charge in [0.1, 0.15) is 5.75 Å². The Hall–Kier alpha value is -1.55. The molecule has 0 aliphatic heterocycles. The maximum absolute atomic E-state index is 12.0. The Balaban J connectivity index is 2.92. The highest BCUT2D eigenvalue weighted by Gasteiger charge is 2.28. The lowest BCUT2D eigenvalue weighted by molar-refractivity contribution is -0.152. The second-order valence-corrected chi connectivity index (χ2v) is 5.33. The van der Waals surface area contributed by atoms with Crippen molar-refractivity contribution in [2.45, 2.75) is 52.7 Å². The predicted molar refractivity (Wildman–Crippen MR) is 82.2 cm³/mol. The predicted octanol–water partition coefficient (Wildman–Crippen LogP) is 3.49. The fraction of sp³-hybridized carbons (Fsp3) is 0.588. The number of carbonyl (C=O) groups is 1. The highest BCUT2D eigenvalue weighted by atomic mass is 16.5. The van der Waals surface area contributed by atoms with Gasteiger partial charge in [-0.15, -0.1) is 0 Å². The van der Waals surface area contributed by atoms with Crippen LogP contribution in [0.15, 0.2) is 24.3 Å². The third kappa shape index (κ3) is 5.38. The molecule has 0 aromatic heterocycles. The average Bonchev–Trinajstić information content (AvgIpc) is 2.44. The zero-order valence-corrected chi connectivity index (χ0v) is 13.3.